The summed E-state index contributed by atoms with van der Waals surface area (Å²) in [6.07, 6.45) is 6.25. The number of anilines is 1. The second-order valence-electron chi connectivity index (χ2n) is 7.47. The molecule has 0 atom stereocenters. The molecule has 1 fully saturated rings. The van der Waals surface area contributed by atoms with Crippen LogP contribution < -0.4 is 10.7 Å². The molecular weight excluding hydrogens is 352 g/mol. The van der Waals surface area contributed by atoms with E-state index in [9.17, 15) is 0 Å². The number of hydrogen-bond acceptors (Lipinski definition) is 6. The predicted octanol–water partition coefficient (Wildman–Crippen LogP) is 2.65. The third kappa shape index (κ3) is 5.10. The van der Waals surface area contributed by atoms with Crippen LogP contribution >= 0.6 is 0 Å². The highest BCUT2D eigenvalue weighted by molar-refractivity contribution is 6.02. The fourth-order valence-corrected chi connectivity index (χ4v) is 3.54. The van der Waals surface area contributed by atoms with Crippen LogP contribution in [0.1, 0.15) is 30.7 Å². The monoisotopic (exact) mass is 380 g/mol. The number of nitrogens with zero attached hydrogens (tertiary/aromatic N) is 6. The topological polar surface area (TPSA) is 107 Å². The van der Waals surface area contributed by atoms with Crippen molar-refractivity contribution in [2.24, 2.45) is 22.1 Å². The van der Waals surface area contributed by atoms with Crippen molar-refractivity contribution in [3.63, 3.8) is 0 Å². The summed E-state index contributed by atoms with van der Waals surface area (Å²) in [5.74, 6) is 5.84. The Labute approximate surface area is 166 Å². The molecule has 2 aromatic rings. The van der Waals surface area contributed by atoms with Crippen molar-refractivity contribution in [3.8, 4) is 0 Å². The smallest absolute Gasteiger partial charge is 0.178 e. The standard InChI is InChI=1S/C20H28N8/c1-15(2)11-16-3-4-18(20(21)25-26-22)19(12-16)28-9-7-27(8-10-28)14-17-13-23-5-6-24-17/h3-6,12-13,15H,7-11,14H2,1-2H3,(H3,21,22,25). The summed E-state index contributed by atoms with van der Waals surface area (Å²) < 4.78 is 0. The minimum absolute atomic E-state index is 0.0931. The van der Waals surface area contributed by atoms with Crippen LogP contribution in [-0.2, 0) is 13.0 Å². The highest BCUT2D eigenvalue weighted by atomic mass is 15.3. The fourth-order valence-electron chi connectivity index (χ4n) is 3.54. The number of aromatic nitrogens is 2. The van der Waals surface area contributed by atoms with Gasteiger partial charge < -0.3 is 10.7 Å². The molecule has 1 saturated heterocycles. The van der Waals surface area contributed by atoms with Crippen LogP contribution in [-0.4, -0.2) is 46.9 Å². The van der Waals surface area contributed by atoms with E-state index in [0.29, 0.717) is 5.92 Å². The van der Waals surface area contributed by atoms with Gasteiger partial charge in [0.05, 0.1) is 5.69 Å². The van der Waals surface area contributed by atoms with Gasteiger partial charge in [-0.05, 0) is 30.0 Å². The van der Waals surface area contributed by atoms with Crippen LogP contribution in [0, 0.1) is 11.3 Å². The molecule has 1 aliphatic heterocycles. The van der Waals surface area contributed by atoms with E-state index in [2.05, 4.69) is 56.1 Å². The maximum atomic E-state index is 8.20. The van der Waals surface area contributed by atoms with Crippen LogP contribution in [0.15, 0.2) is 47.1 Å². The van der Waals surface area contributed by atoms with E-state index in [0.717, 1.165) is 56.1 Å². The fraction of sp³-hybridized carbons (Fsp3) is 0.450. The zero-order valence-electron chi connectivity index (χ0n) is 16.5. The van der Waals surface area contributed by atoms with Crippen LogP contribution in [0.3, 0.4) is 0 Å². The lowest BCUT2D eigenvalue weighted by molar-refractivity contribution is 0.247. The Morgan fingerprint density at radius 2 is 2.00 bits per heavy atom. The Morgan fingerprint density at radius 1 is 1.21 bits per heavy atom. The van der Waals surface area contributed by atoms with Gasteiger partial charge >= 0.3 is 0 Å². The molecule has 0 aliphatic carbocycles. The molecule has 2 heterocycles. The van der Waals surface area contributed by atoms with E-state index in [1.807, 2.05) is 12.3 Å². The zero-order valence-corrected chi connectivity index (χ0v) is 16.5. The van der Waals surface area contributed by atoms with E-state index in [1.54, 1.807) is 12.4 Å². The van der Waals surface area contributed by atoms with Gasteiger partial charge in [0.25, 0.3) is 0 Å². The van der Waals surface area contributed by atoms with Crippen molar-refractivity contribution < 1.29 is 0 Å². The summed E-state index contributed by atoms with van der Waals surface area (Å²) >= 11 is 0. The molecule has 0 unspecified atom stereocenters. The van der Waals surface area contributed by atoms with E-state index in [4.69, 9.17) is 11.3 Å². The molecule has 8 heteroatoms. The molecule has 3 N–H and O–H groups in total. The van der Waals surface area contributed by atoms with Crippen LogP contribution in [0.25, 0.3) is 0 Å². The largest absolute Gasteiger partial charge is 0.368 e. The molecule has 0 spiro atoms. The minimum atomic E-state index is 0.0931. The molecule has 1 aromatic heterocycles. The molecule has 0 radical (unpaired) electrons. The van der Waals surface area contributed by atoms with Crippen molar-refractivity contribution >= 4 is 11.5 Å². The third-order valence-electron chi connectivity index (χ3n) is 4.83. The normalized spacial score (nSPS) is 15.5. The summed E-state index contributed by atoms with van der Waals surface area (Å²) in [6, 6.07) is 6.23. The first-order valence-corrected chi connectivity index (χ1v) is 9.61. The maximum Gasteiger partial charge on any atom is 0.178 e. The molecule has 1 aromatic carbocycles. The number of amidine groups is 1. The van der Waals surface area contributed by atoms with Gasteiger partial charge in [0, 0.05) is 62.6 Å². The highest BCUT2D eigenvalue weighted by Crippen LogP contribution is 2.26. The summed E-state index contributed by atoms with van der Waals surface area (Å²) in [5.41, 5.74) is 4.06. The highest BCUT2D eigenvalue weighted by Gasteiger charge is 2.21. The van der Waals surface area contributed by atoms with Gasteiger partial charge in [0.15, 0.2) is 5.84 Å². The third-order valence-corrected chi connectivity index (χ3v) is 4.83. The number of rotatable bonds is 6. The Kier molecular flexibility index (Phi) is 6.65. The second-order valence-corrected chi connectivity index (χ2v) is 7.47. The summed E-state index contributed by atoms with van der Waals surface area (Å²) in [7, 11) is 0. The number of benzene rings is 1. The first-order valence-electron chi connectivity index (χ1n) is 9.61. The van der Waals surface area contributed by atoms with Crippen molar-refractivity contribution in [2.45, 2.75) is 26.8 Å². The minimum Gasteiger partial charge on any atom is -0.368 e. The van der Waals surface area contributed by atoms with Gasteiger partial charge in [-0.25, -0.2) is 0 Å². The van der Waals surface area contributed by atoms with E-state index >= 15 is 0 Å². The molecule has 0 saturated carbocycles. The Bertz CT molecular complexity index is 810. The first-order chi connectivity index (χ1) is 13.6. The lowest BCUT2D eigenvalue weighted by atomic mass is 9.99. The van der Waals surface area contributed by atoms with E-state index in [-0.39, 0.29) is 5.84 Å². The first kappa shape index (κ1) is 19.9. The van der Waals surface area contributed by atoms with Crippen molar-refractivity contribution in [1.82, 2.24) is 14.9 Å². The second kappa shape index (κ2) is 9.36. The Morgan fingerprint density at radius 3 is 2.64 bits per heavy atom. The van der Waals surface area contributed by atoms with E-state index < -0.39 is 0 Å². The molecular formula is C20H28N8. The van der Waals surface area contributed by atoms with Gasteiger partial charge in [0.2, 0.25) is 0 Å². The lowest BCUT2D eigenvalue weighted by Gasteiger charge is -2.37. The van der Waals surface area contributed by atoms with Gasteiger partial charge in [-0.1, -0.05) is 25.1 Å². The molecule has 1 aliphatic rings. The van der Waals surface area contributed by atoms with Gasteiger partial charge in [-0.2, -0.15) is 0 Å². The van der Waals surface area contributed by atoms with Crippen molar-refractivity contribution in [3.05, 3.63) is 53.6 Å². The summed E-state index contributed by atoms with van der Waals surface area (Å²) in [4.78, 5) is 13.2. The van der Waals surface area contributed by atoms with Crippen molar-refractivity contribution in [2.75, 3.05) is 31.1 Å². The molecule has 28 heavy (non-hydrogen) atoms. The van der Waals surface area contributed by atoms with Crippen LogP contribution in [0.2, 0.25) is 0 Å². The van der Waals surface area contributed by atoms with Gasteiger partial charge in [-0.3, -0.25) is 20.3 Å². The molecule has 8 nitrogen and oxygen atoms in total. The molecule has 0 amide bonds. The maximum absolute atomic E-state index is 8.20. The van der Waals surface area contributed by atoms with Gasteiger partial charge in [-0.15, -0.1) is 5.11 Å². The quantitative estimate of drug-likeness (QED) is 0.263. The number of nitrogens with two attached hydrogens (primary N) is 1. The SMILES string of the molecule is CC(C)Cc1ccc(C(=N)/N=N\N)c(N2CCN(Cc3cnccn3)CC2)c1. The number of piperazine rings is 1. The van der Waals surface area contributed by atoms with Gasteiger partial charge in [0.1, 0.15) is 0 Å². The Balaban J connectivity index is 1.75. The lowest BCUT2D eigenvalue weighted by Crippen LogP contribution is -2.46. The molecule has 0 bridgehead atoms. The van der Waals surface area contributed by atoms with Crippen LogP contribution in [0.4, 0.5) is 5.69 Å². The molecule has 148 valence electrons. The van der Waals surface area contributed by atoms with Crippen molar-refractivity contribution in [1.29, 1.82) is 5.41 Å². The summed E-state index contributed by atoms with van der Waals surface area (Å²) in [5, 5.41) is 15.2. The van der Waals surface area contributed by atoms with Crippen LogP contribution in [0.5, 0.6) is 0 Å². The molecule has 3 rings (SSSR count). The average Bonchev–Trinajstić information content (AvgIpc) is 2.69. The average molecular weight is 381 g/mol. The number of nitrogens with one attached hydrogen (secondary N) is 1. The predicted molar refractivity (Wildman–Crippen MR) is 110 cm³/mol. The zero-order chi connectivity index (χ0) is 19.9. The summed E-state index contributed by atoms with van der Waals surface area (Å²) in [6.45, 7) is 8.84. The number of hydrogen-bond donors (Lipinski definition) is 2. The Hall–Kier alpha value is -2.87. The van der Waals surface area contributed by atoms with E-state index in [1.165, 1.54) is 5.56 Å².